The molecule has 0 spiro atoms. The van der Waals surface area contributed by atoms with E-state index in [0.717, 1.165) is 25.7 Å². The second-order valence-electron chi connectivity index (χ2n) is 5.69. The summed E-state index contributed by atoms with van der Waals surface area (Å²) in [6, 6.07) is 4.44. The Hall–Kier alpha value is -1.08. The molecule has 0 amide bonds. The molecule has 0 fully saturated rings. The minimum absolute atomic E-state index is 0.199. The molecule has 2 atom stereocenters. The maximum absolute atomic E-state index is 10.4. The highest BCUT2D eigenvalue weighted by Gasteiger charge is 2.21. The van der Waals surface area contributed by atoms with Crippen molar-refractivity contribution in [2.75, 3.05) is 0 Å². The van der Waals surface area contributed by atoms with Gasteiger partial charge in [0.1, 0.15) is 0 Å². The van der Waals surface area contributed by atoms with Crippen LogP contribution in [0.2, 0.25) is 0 Å². The lowest BCUT2D eigenvalue weighted by atomic mass is 9.84. The average molecular weight is 244 g/mol. The first kappa shape index (κ1) is 13.4. The molecule has 1 aromatic carbocycles. The first-order valence-electron chi connectivity index (χ1n) is 6.97. The number of hydrogen-bond acceptors (Lipinski definition) is 1. The predicted octanol–water partition coefficient (Wildman–Crippen LogP) is 3.87. The SMILES string of the molecule is Cc1cc(C)c(CC(O)C2CC=CCC2)c(C)c1. The highest BCUT2D eigenvalue weighted by Crippen LogP contribution is 2.26. The zero-order valence-corrected chi connectivity index (χ0v) is 11.7. The van der Waals surface area contributed by atoms with Crippen LogP contribution in [-0.4, -0.2) is 11.2 Å². The third-order valence-corrected chi connectivity index (χ3v) is 4.11. The van der Waals surface area contributed by atoms with Gasteiger partial charge >= 0.3 is 0 Å². The van der Waals surface area contributed by atoms with E-state index in [2.05, 4.69) is 45.1 Å². The van der Waals surface area contributed by atoms with Crippen LogP contribution in [0, 0.1) is 26.7 Å². The van der Waals surface area contributed by atoms with Crippen molar-refractivity contribution < 1.29 is 5.11 Å². The van der Waals surface area contributed by atoms with Gasteiger partial charge in [0.25, 0.3) is 0 Å². The molecule has 0 heterocycles. The van der Waals surface area contributed by atoms with Crippen LogP contribution in [0.5, 0.6) is 0 Å². The normalized spacial score (nSPS) is 21.0. The molecule has 0 saturated heterocycles. The van der Waals surface area contributed by atoms with E-state index in [9.17, 15) is 5.11 Å². The molecule has 0 saturated carbocycles. The average Bonchev–Trinajstić information content (AvgIpc) is 2.34. The summed E-state index contributed by atoms with van der Waals surface area (Å²) in [5, 5.41) is 10.4. The fraction of sp³-hybridized carbons (Fsp3) is 0.529. The maximum Gasteiger partial charge on any atom is 0.0611 e. The van der Waals surface area contributed by atoms with E-state index in [-0.39, 0.29) is 6.10 Å². The molecule has 1 N–H and O–H groups in total. The number of aliphatic hydroxyl groups is 1. The van der Waals surface area contributed by atoms with Gasteiger partial charge in [-0.25, -0.2) is 0 Å². The molecule has 0 radical (unpaired) electrons. The molecule has 1 aliphatic rings. The summed E-state index contributed by atoms with van der Waals surface area (Å²) in [6.45, 7) is 6.44. The Bertz CT molecular complexity index is 422. The van der Waals surface area contributed by atoms with Gasteiger partial charge in [-0.2, -0.15) is 0 Å². The van der Waals surface area contributed by atoms with Crippen molar-refractivity contribution in [1.82, 2.24) is 0 Å². The quantitative estimate of drug-likeness (QED) is 0.800. The molecule has 2 unspecified atom stereocenters. The van der Waals surface area contributed by atoms with Crippen molar-refractivity contribution in [2.45, 2.75) is 52.6 Å². The molecular weight excluding hydrogens is 220 g/mol. The van der Waals surface area contributed by atoms with Gasteiger partial charge in [-0.1, -0.05) is 29.8 Å². The van der Waals surface area contributed by atoms with Crippen LogP contribution in [-0.2, 0) is 6.42 Å². The summed E-state index contributed by atoms with van der Waals surface area (Å²) in [5.41, 5.74) is 5.28. The Morgan fingerprint density at radius 3 is 2.39 bits per heavy atom. The summed E-state index contributed by atoms with van der Waals surface area (Å²) in [5.74, 6) is 0.440. The summed E-state index contributed by atoms with van der Waals surface area (Å²) < 4.78 is 0. The van der Waals surface area contributed by atoms with Crippen molar-refractivity contribution in [3.8, 4) is 0 Å². The van der Waals surface area contributed by atoms with E-state index in [0.29, 0.717) is 5.92 Å². The van der Waals surface area contributed by atoms with Crippen molar-refractivity contribution in [3.05, 3.63) is 46.5 Å². The van der Waals surface area contributed by atoms with E-state index in [4.69, 9.17) is 0 Å². The highest BCUT2D eigenvalue weighted by atomic mass is 16.3. The molecule has 0 bridgehead atoms. The lowest BCUT2D eigenvalue weighted by molar-refractivity contribution is 0.102. The van der Waals surface area contributed by atoms with Gasteiger partial charge in [-0.05, 0) is 69.1 Å². The van der Waals surface area contributed by atoms with Gasteiger partial charge < -0.3 is 5.11 Å². The van der Waals surface area contributed by atoms with Gasteiger partial charge in [-0.15, -0.1) is 0 Å². The lowest BCUT2D eigenvalue weighted by Crippen LogP contribution is -2.24. The first-order chi connectivity index (χ1) is 8.58. The molecule has 1 heteroatoms. The molecule has 1 aliphatic carbocycles. The largest absolute Gasteiger partial charge is 0.392 e. The second-order valence-corrected chi connectivity index (χ2v) is 5.69. The predicted molar refractivity (Wildman–Crippen MR) is 76.8 cm³/mol. The molecule has 98 valence electrons. The number of hydrogen-bond donors (Lipinski definition) is 1. The Kier molecular flexibility index (Phi) is 4.23. The van der Waals surface area contributed by atoms with Gasteiger partial charge in [0.15, 0.2) is 0 Å². The zero-order valence-electron chi connectivity index (χ0n) is 11.7. The van der Waals surface area contributed by atoms with Gasteiger partial charge in [0.05, 0.1) is 6.10 Å². The number of aliphatic hydroxyl groups excluding tert-OH is 1. The minimum atomic E-state index is -0.199. The minimum Gasteiger partial charge on any atom is -0.392 e. The Labute approximate surface area is 111 Å². The third-order valence-electron chi connectivity index (χ3n) is 4.11. The molecule has 1 aromatic rings. The van der Waals surface area contributed by atoms with Crippen LogP contribution in [0.25, 0.3) is 0 Å². The fourth-order valence-electron chi connectivity index (χ4n) is 3.07. The van der Waals surface area contributed by atoms with Crippen molar-refractivity contribution in [1.29, 1.82) is 0 Å². The number of benzene rings is 1. The molecule has 18 heavy (non-hydrogen) atoms. The fourth-order valence-corrected chi connectivity index (χ4v) is 3.07. The van der Waals surface area contributed by atoms with Gasteiger partial charge in [-0.3, -0.25) is 0 Å². The lowest BCUT2D eigenvalue weighted by Gasteiger charge is -2.25. The molecule has 0 aromatic heterocycles. The van der Waals surface area contributed by atoms with Crippen LogP contribution in [0.3, 0.4) is 0 Å². The Morgan fingerprint density at radius 1 is 1.17 bits per heavy atom. The molecule has 1 nitrogen and oxygen atoms in total. The summed E-state index contributed by atoms with van der Waals surface area (Å²) >= 11 is 0. The molecule has 0 aliphatic heterocycles. The summed E-state index contributed by atoms with van der Waals surface area (Å²) in [4.78, 5) is 0. The number of rotatable bonds is 3. The molecular formula is C17H24O. The van der Waals surface area contributed by atoms with E-state index >= 15 is 0 Å². The van der Waals surface area contributed by atoms with Crippen molar-refractivity contribution in [2.24, 2.45) is 5.92 Å². The van der Waals surface area contributed by atoms with Crippen LogP contribution in [0.15, 0.2) is 24.3 Å². The van der Waals surface area contributed by atoms with Gasteiger partial charge in [0.2, 0.25) is 0 Å². The zero-order chi connectivity index (χ0) is 13.1. The maximum atomic E-state index is 10.4. The molecule has 2 rings (SSSR count). The van der Waals surface area contributed by atoms with Crippen molar-refractivity contribution in [3.63, 3.8) is 0 Å². The van der Waals surface area contributed by atoms with E-state index in [1.807, 2.05) is 0 Å². The van der Waals surface area contributed by atoms with E-state index < -0.39 is 0 Å². The highest BCUT2D eigenvalue weighted by molar-refractivity contribution is 5.37. The summed E-state index contributed by atoms with van der Waals surface area (Å²) in [6.07, 6.45) is 8.32. The topological polar surface area (TPSA) is 20.2 Å². The van der Waals surface area contributed by atoms with Crippen LogP contribution < -0.4 is 0 Å². The first-order valence-corrected chi connectivity index (χ1v) is 6.97. The Balaban J connectivity index is 2.11. The van der Waals surface area contributed by atoms with Crippen LogP contribution >= 0.6 is 0 Å². The smallest absolute Gasteiger partial charge is 0.0611 e. The van der Waals surface area contributed by atoms with Crippen molar-refractivity contribution >= 4 is 0 Å². The monoisotopic (exact) mass is 244 g/mol. The van der Waals surface area contributed by atoms with E-state index in [1.54, 1.807) is 0 Å². The Morgan fingerprint density at radius 2 is 1.83 bits per heavy atom. The van der Waals surface area contributed by atoms with Gasteiger partial charge in [0, 0.05) is 0 Å². The van der Waals surface area contributed by atoms with Crippen LogP contribution in [0.1, 0.15) is 41.5 Å². The summed E-state index contributed by atoms with van der Waals surface area (Å²) in [7, 11) is 0. The standard InChI is InChI=1S/C17H24O/c1-12-9-13(2)16(14(3)10-12)11-17(18)15-7-5-4-6-8-15/h4-5,9-10,15,17-18H,6-8,11H2,1-3H3. The second kappa shape index (κ2) is 5.71. The number of aryl methyl sites for hydroxylation is 3. The van der Waals surface area contributed by atoms with E-state index in [1.165, 1.54) is 22.3 Å². The van der Waals surface area contributed by atoms with Crippen LogP contribution in [0.4, 0.5) is 0 Å². The third kappa shape index (κ3) is 3.02. The number of allylic oxidation sites excluding steroid dienone is 2.